The van der Waals surface area contributed by atoms with Gasteiger partial charge in [0.15, 0.2) is 0 Å². The topological polar surface area (TPSA) is 41.6 Å². The van der Waals surface area contributed by atoms with Crippen molar-refractivity contribution in [1.82, 2.24) is 10.2 Å². The molecule has 104 valence electrons. The van der Waals surface area contributed by atoms with Crippen molar-refractivity contribution in [3.05, 3.63) is 30.3 Å². The number of hydrogen-bond acceptors (Lipinski definition) is 3. The third-order valence-electron chi connectivity index (χ3n) is 3.81. The van der Waals surface area contributed by atoms with E-state index in [1.165, 1.54) is 0 Å². The first kappa shape index (κ1) is 13.9. The Hall–Kier alpha value is -1.55. The molecule has 1 fully saturated rings. The van der Waals surface area contributed by atoms with Crippen LogP contribution in [0, 0.1) is 5.41 Å². The fourth-order valence-corrected chi connectivity index (χ4v) is 2.25. The largest absolute Gasteiger partial charge is 0.412 e. The van der Waals surface area contributed by atoms with Crippen molar-refractivity contribution >= 4 is 6.09 Å². The molecular formula is C15H22N2O2. The number of rotatable bonds is 3. The summed E-state index contributed by atoms with van der Waals surface area (Å²) in [6.45, 7) is 5.08. The van der Waals surface area contributed by atoms with E-state index < -0.39 is 0 Å². The summed E-state index contributed by atoms with van der Waals surface area (Å²) in [7, 11) is 2.14. The molecule has 1 amide bonds. The molecule has 4 nitrogen and oxygen atoms in total. The number of nitrogens with one attached hydrogen (secondary N) is 1. The zero-order valence-corrected chi connectivity index (χ0v) is 11.7. The lowest BCUT2D eigenvalue weighted by Gasteiger charge is -2.37. The Morgan fingerprint density at radius 1 is 1.32 bits per heavy atom. The second kappa shape index (κ2) is 6.06. The minimum absolute atomic E-state index is 0.183. The van der Waals surface area contributed by atoms with Gasteiger partial charge in [-0.3, -0.25) is 0 Å². The Balaban J connectivity index is 1.77. The number of ether oxygens (including phenoxy) is 1. The standard InChI is InChI=1S/C15H22N2O2/c1-15(8-10-17(2)11-9-15)12-16-14(18)19-13-6-4-3-5-7-13/h3-7H,8-12H2,1-2H3,(H,16,18). The highest BCUT2D eigenvalue weighted by molar-refractivity contribution is 5.70. The van der Waals surface area contributed by atoms with E-state index in [1.54, 1.807) is 12.1 Å². The first-order chi connectivity index (χ1) is 9.07. The van der Waals surface area contributed by atoms with Gasteiger partial charge in [0.05, 0.1) is 0 Å². The van der Waals surface area contributed by atoms with Crippen LogP contribution in [0.25, 0.3) is 0 Å². The summed E-state index contributed by atoms with van der Waals surface area (Å²) in [6.07, 6.45) is 1.84. The molecule has 1 saturated heterocycles. The third kappa shape index (κ3) is 4.24. The molecule has 1 heterocycles. The smallest absolute Gasteiger partial charge is 0.410 e. The van der Waals surface area contributed by atoms with E-state index in [9.17, 15) is 4.79 Å². The van der Waals surface area contributed by atoms with E-state index in [4.69, 9.17) is 4.74 Å². The average Bonchev–Trinajstić information content (AvgIpc) is 2.42. The van der Waals surface area contributed by atoms with Crippen LogP contribution in [0.3, 0.4) is 0 Å². The lowest BCUT2D eigenvalue weighted by Crippen LogP contribution is -2.44. The summed E-state index contributed by atoms with van der Waals surface area (Å²) >= 11 is 0. The second-order valence-corrected chi connectivity index (χ2v) is 5.67. The van der Waals surface area contributed by atoms with Gasteiger partial charge in [-0.1, -0.05) is 25.1 Å². The van der Waals surface area contributed by atoms with E-state index in [-0.39, 0.29) is 11.5 Å². The third-order valence-corrected chi connectivity index (χ3v) is 3.81. The first-order valence-corrected chi connectivity index (χ1v) is 6.77. The van der Waals surface area contributed by atoms with Crippen molar-refractivity contribution in [1.29, 1.82) is 0 Å². The molecule has 0 aromatic heterocycles. The molecule has 4 heteroatoms. The van der Waals surface area contributed by atoms with E-state index in [0.717, 1.165) is 25.9 Å². The van der Waals surface area contributed by atoms with Crippen LogP contribution in [0.2, 0.25) is 0 Å². The van der Waals surface area contributed by atoms with Gasteiger partial charge in [0.25, 0.3) is 0 Å². The lowest BCUT2D eigenvalue weighted by molar-refractivity contribution is 0.133. The van der Waals surface area contributed by atoms with E-state index in [2.05, 4.69) is 24.2 Å². The van der Waals surface area contributed by atoms with Crippen LogP contribution in [-0.4, -0.2) is 37.7 Å². The van der Waals surface area contributed by atoms with E-state index >= 15 is 0 Å². The van der Waals surface area contributed by atoms with Gasteiger partial charge in [-0.05, 0) is 50.5 Å². The zero-order chi connectivity index (χ0) is 13.7. The maximum absolute atomic E-state index is 11.7. The van der Waals surface area contributed by atoms with Crippen molar-refractivity contribution in [3.8, 4) is 5.75 Å². The lowest BCUT2D eigenvalue weighted by atomic mass is 9.80. The summed E-state index contributed by atoms with van der Waals surface area (Å²) < 4.78 is 5.21. The second-order valence-electron chi connectivity index (χ2n) is 5.67. The highest BCUT2D eigenvalue weighted by atomic mass is 16.6. The van der Waals surface area contributed by atoms with Gasteiger partial charge in [0.1, 0.15) is 5.75 Å². The number of benzene rings is 1. The number of piperidine rings is 1. The molecule has 1 aliphatic rings. The zero-order valence-electron chi connectivity index (χ0n) is 11.7. The Bertz CT molecular complexity index is 411. The minimum Gasteiger partial charge on any atom is -0.410 e. The van der Waals surface area contributed by atoms with Gasteiger partial charge in [-0.25, -0.2) is 4.79 Å². The SMILES string of the molecule is CN1CCC(C)(CNC(=O)Oc2ccccc2)CC1. The van der Waals surface area contributed by atoms with Crippen LogP contribution >= 0.6 is 0 Å². The molecule has 0 radical (unpaired) electrons. The van der Waals surface area contributed by atoms with Gasteiger partial charge in [0, 0.05) is 6.54 Å². The Labute approximate surface area is 114 Å². The van der Waals surface area contributed by atoms with Crippen molar-refractivity contribution in [2.24, 2.45) is 5.41 Å². The monoisotopic (exact) mass is 262 g/mol. The van der Waals surface area contributed by atoms with Crippen molar-refractivity contribution in [2.75, 3.05) is 26.7 Å². The van der Waals surface area contributed by atoms with Crippen LogP contribution in [0.4, 0.5) is 4.79 Å². The number of likely N-dealkylation sites (tertiary alicyclic amines) is 1. The first-order valence-electron chi connectivity index (χ1n) is 6.77. The molecule has 1 aromatic rings. The van der Waals surface area contributed by atoms with E-state index in [0.29, 0.717) is 12.3 Å². The van der Waals surface area contributed by atoms with Gasteiger partial charge in [0.2, 0.25) is 0 Å². The highest BCUT2D eigenvalue weighted by Crippen LogP contribution is 2.29. The van der Waals surface area contributed by atoms with Gasteiger partial charge < -0.3 is 15.0 Å². The Morgan fingerprint density at radius 3 is 2.58 bits per heavy atom. The predicted molar refractivity (Wildman–Crippen MR) is 75.3 cm³/mol. The fraction of sp³-hybridized carbons (Fsp3) is 0.533. The van der Waals surface area contributed by atoms with E-state index in [1.807, 2.05) is 18.2 Å². The van der Waals surface area contributed by atoms with Gasteiger partial charge in [-0.15, -0.1) is 0 Å². The summed E-state index contributed by atoms with van der Waals surface area (Å²) in [5.41, 5.74) is 0.183. The molecule has 1 aromatic carbocycles. The number of hydrogen-bond donors (Lipinski definition) is 1. The average molecular weight is 262 g/mol. The molecule has 1 aliphatic heterocycles. The number of para-hydroxylation sites is 1. The maximum Gasteiger partial charge on any atom is 0.412 e. The maximum atomic E-state index is 11.7. The molecule has 2 rings (SSSR count). The Kier molecular flexibility index (Phi) is 4.43. The summed E-state index contributed by atoms with van der Waals surface area (Å²) in [6, 6.07) is 9.14. The molecular weight excluding hydrogens is 240 g/mol. The Morgan fingerprint density at radius 2 is 1.95 bits per heavy atom. The number of carbonyl (C=O) groups is 1. The van der Waals surface area contributed by atoms with Crippen molar-refractivity contribution < 1.29 is 9.53 Å². The molecule has 0 saturated carbocycles. The molecule has 0 atom stereocenters. The van der Waals surface area contributed by atoms with Gasteiger partial charge in [-0.2, -0.15) is 0 Å². The molecule has 0 spiro atoms. The molecule has 0 unspecified atom stereocenters. The molecule has 0 aliphatic carbocycles. The van der Waals surface area contributed by atoms with Crippen LogP contribution in [0.5, 0.6) is 5.75 Å². The minimum atomic E-state index is -0.369. The van der Waals surface area contributed by atoms with Crippen LogP contribution in [0.15, 0.2) is 30.3 Å². The number of amides is 1. The van der Waals surface area contributed by atoms with Crippen molar-refractivity contribution in [3.63, 3.8) is 0 Å². The molecule has 19 heavy (non-hydrogen) atoms. The fourth-order valence-electron chi connectivity index (χ4n) is 2.25. The van der Waals surface area contributed by atoms with Crippen LogP contribution in [-0.2, 0) is 0 Å². The van der Waals surface area contributed by atoms with Gasteiger partial charge >= 0.3 is 6.09 Å². The summed E-state index contributed by atoms with van der Waals surface area (Å²) in [5.74, 6) is 0.577. The van der Waals surface area contributed by atoms with Crippen LogP contribution < -0.4 is 10.1 Å². The molecule has 1 N–H and O–H groups in total. The molecule has 0 bridgehead atoms. The normalized spacial score (nSPS) is 18.8. The summed E-state index contributed by atoms with van der Waals surface area (Å²) in [5, 5.41) is 2.88. The highest BCUT2D eigenvalue weighted by Gasteiger charge is 2.29. The van der Waals surface area contributed by atoms with Crippen LogP contribution in [0.1, 0.15) is 19.8 Å². The number of carbonyl (C=O) groups excluding carboxylic acids is 1. The number of nitrogens with zero attached hydrogens (tertiary/aromatic N) is 1. The summed E-state index contributed by atoms with van der Waals surface area (Å²) in [4.78, 5) is 14.0. The van der Waals surface area contributed by atoms with Crippen molar-refractivity contribution in [2.45, 2.75) is 19.8 Å². The quantitative estimate of drug-likeness (QED) is 0.910. The predicted octanol–water partition coefficient (Wildman–Crippen LogP) is 2.51.